The number of carbonyl (C=O) groups is 2. The van der Waals surface area contributed by atoms with Gasteiger partial charge in [0.2, 0.25) is 0 Å². The van der Waals surface area contributed by atoms with Crippen LogP contribution in [0.15, 0.2) is 53.3 Å². The van der Waals surface area contributed by atoms with E-state index in [1.807, 2.05) is 42.2 Å². The van der Waals surface area contributed by atoms with E-state index in [2.05, 4.69) is 4.90 Å². The van der Waals surface area contributed by atoms with Crippen molar-refractivity contribution in [3.05, 3.63) is 58.9 Å². The number of ketones is 1. The lowest BCUT2D eigenvalue weighted by molar-refractivity contribution is -0.125. The Morgan fingerprint density at radius 2 is 2.06 bits per heavy atom. The fourth-order valence-corrected chi connectivity index (χ4v) is 5.48. The van der Waals surface area contributed by atoms with Gasteiger partial charge in [0.05, 0.1) is 18.3 Å². The van der Waals surface area contributed by atoms with Crippen LogP contribution in [0.3, 0.4) is 0 Å². The van der Waals surface area contributed by atoms with Crippen LogP contribution in [0.2, 0.25) is 0 Å². The average Bonchev–Trinajstić information content (AvgIpc) is 3.48. The number of ether oxygens (including phenoxy) is 2. The van der Waals surface area contributed by atoms with Gasteiger partial charge in [0.1, 0.15) is 19.0 Å². The fraction of sp³-hybridized carbons (Fsp3) is 0.500. The smallest absolute Gasteiger partial charge is 0.410 e. The van der Waals surface area contributed by atoms with Crippen LogP contribution in [0.4, 0.5) is 4.79 Å². The lowest BCUT2D eigenvalue weighted by atomic mass is 9.77. The molecule has 1 aromatic rings. The van der Waals surface area contributed by atoms with Crippen LogP contribution in [0.25, 0.3) is 0 Å². The molecule has 2 fully saturated rings. The highest BCUT2D eigenvalue weighted by atomic mass is 16.6. The Morgan fingerprint density at radius 3 is 2.81 bits per heavy atom. The first-order chi connectivity index (χ1) is 15.0. The van der Waals surface area contributed by atoms with Gasteiger partial charge in [-0.1, -0.05) is 35.9 Å². The molecule has 1 aliphatic carbocycles. The summed E-state index contributed by atoms with van der Waals surface area (Å²) in [5.74, 6) is -0.416. The molecule has 0 spiro atoms. The summed E-state index contributed by atoms with van der Waals surface area (Å²) >= 11 is 0. The number of Topliss-reactive ketones (excluding diaryl/α,β-unsaturated/α-hetero) is 1. The molecule has 2 saturated heterocycles. The number of aliphatic hydroxyl groups is 1. The zero-order chi connectivity index (χ0) is 21.5. The van der Waals surface area contributed by atoms with Gasteiger partial charge < -0.3 is 19.5 Å². The van der Waals surface area contributed by atoms with Crippen molar-refractivity contribution in [2.24, 2.45) is 5.92 Å². The van der Waals surface area contributed by atoms with E-state index in [1.54, 1.807) is 6.26 Å². The van der Waals surface area contributed by atoms with Crippen LogP contribution >= 0.6 is 0 Å². The maximum Gasteiger partial charge on any atom is 0.410 e. The van der Waals surface area contributed by atoms with Crippen LogP contribution in [-0.2, 0) is 20.9 Å². The standard InChI is InChI=1S/C24H28N2O5/c1-15-20-14-30-13-17(20)7-21(27)23(15)22(28)11-25-9-19-8-18(25)10-26(19)24(29)31-12-16-5-3-2-4-6-16/h2-6,13,18-19,22-23,28H,7-12,14H2,1H3. The number of fused-ring (bicyclic) bond motifs is 3. The van der Waals surface area contributed by atoms with Crippen molar-refractivity contribution >= 4 is 11.9 Å². The van der Waals surface area contributed by atoms with Crippen molar-refractivity contribution in [3.8, 4) is 0 Å². The van der Waals surface area contributed by atoms with E-state index in [1.165, 1.54) is 0 Å². The number of β-amino-alcohol motifs (C(OH)–C–C–N with tert-alkyl or cyclic N) is 1. The molecule has 3 heterocycles. The number of hydrogen-bond donors (Lipinski definition) is 1. The maximum atomic E-state index is 12.7. The minimum Gasteiger partial charge on any atom is -0.496 e. The monoisotopic (exact) mass is 424 g/mol. The zero-order valence-electron chi connectivity index (χ0n) is 17.7. The molecule has 3 aliphatic heterocycles. The number of amides is 1. The Morgan fingerprint density at radius 1 is 1.26 bits per heavy atom. The quantitative estimate of drug-likeness (QED) is 0.781. The second kappa shape index (κ2) is 8.13. The number of aliphatic hydroxyl groups excluding tert-OH is 1. The summed E-state index contributed by atoms with van der Waals surface area (Å²) in [5, 5.41) is 10.9. The molecule has 2 bridgehead atoms. The molecule has 7 heteroatoms. The van der Waals surface area contributed by atoms with Gasteiger partial charge in [-0.25, -0.2) is 4.79 Å². The number of carbonyl (C=O) groups excluding carboxylic acids is 2. The molecule has 5 rings (SSSR count). The summed E-state index contributed by atoms with van der Waals surface area (Å²) < 4.78 is 10.9. The highest BCUT2D eigenvalue weighted by molar-refractivity contribution is 5.90. The Balaban J connectivity index is 1.17. The summed E-state index contributed by atoms with van der Waals surface area (Å²) in [7, 11) is 0. The van der Waals surface area contributed by atoms with E-state index in [9.17, 15) is 14.7 Å². The number of rotatable bonds is 5. The molecule has 0 aromatic heterocycles. The summed E-state index contributed by atoms with van der Waals surface area (Å²) in [6.07, 6.45) is 1.86. The zero-order valence-corrected chi connectivity index (χ0v) is 17.7. The number of likely N-dealkylation sites (tertiary alicyclic amines) is 2. The Hall–Kier alpha value is -2.64. The lowest BCUT2D eigenvalue weighted by Gasteiger charge is -2.36. The van der Waals surface area contributed by atoms with E-state index >= 15 is 0 Å². The highest BCUT2D eigenvalue weighted by Crippen LogP contribution is 2.38. The summed E-state index contributed by atoms with van der Waals surface area (Å²) in [4.78, 5) is 29.2. The topological polar surface area (TPSA) is 79.3 Å². The Bertz CT molecular complexity index is 941. The van der Waals surface area contributed by atoms with Gasteiger partial charge in [-0.2, -0.15) is 0 Å². The molecule has 7 nitrogen and oxygen atoms in total. The Labute approximate surface area is 181 Å². The van der Waals surface area contributed by atoms with Gasteiger partial charge in [0.15, 0.2) is 0 Å². The maximum absolute atomic E-state index is 12.7. The van der Waals surface area contributed by atoms with E-state index < -0.39 is 12.0 Å². The van der Waals surface area contributed by atoms with Crippen molar-refractivity contribution in [3.63, 3.8) is 0 Å². The molecule has 1 N–H and O–H groups in total. The van der Waals surface area contributed by atoms with Gasteiger partial charge >= 0.3 is 6.09 Å². The molecule has 1 amide bonds. The van der Waals surface area contributed by atoms with Crippen molar-refractivity contribution in [2.75, 3.05) is 26.2 Å². The van der Waals surface area contributed by atoms with E-state index in [0.717, 1.165) is 28.7 Å². The van der Waals surface area contributed by atoms with Crippen LogP contribution in [0, 0.1) is 5.92 Å². The number of nitrogens with zero attached hydrogens (tertiary/aromatic N) is 2. The number of benzene rings is 1. The van der Waals surface area contributed by atoms with Gasteiger partial charge in [-0.3, -0.25) is 9.69 Å². The van der Waals surface area contributed by atoms with E-state index in [4.69, 9.17) is 9.47 Å². The molecule has 31 heavy (non-hydrogen) atoms. The van der Waals surface area contributed by atoms with Gasteiger partial charge in [-0.15, -0.1) is 0 Å². The third-order valence-corrected chi connectivity index (χ3v) is 7.09. The van der Waals surface area contributed by atoms with Gasteiger partial charge in [0, 0.05) is 43.7 Å². The minimum absolute atomic E-state index is 0.0565. The molecule has 4 atom stereocenters. The molecule has 164 valence electrons. The first kappa shape index (κ1) is 20.3. The Kier molecular flexibility index (Phi) is 5.32. The first-order valence-electron chi connectivity index (χ1n) is 10.9. The normalized spacial score (nSPS) is 28.5. The lowest BCUT2D eigenvalue weighted by Crippen LogP contribution is -2.52. The van der Waals surface area contributed by atoms with E-state index in [-0.39, 0.29) is 30.6 Å². The molecule has 4 aliphatic rings. The largest absolute Gasteiger partial charge is 0.496 e. The summed E-state index contributed by atoms with van der Waals surface area (Å²) in [6, 6.07) is 9.95. The molecule has 1 aromatic carbocycles. The summed E-state index contributed by atoms with van der Waals surface area (Å²) in [5.41, 5.74) is 3.93. The van der Waals surface area contributed by atoms with Crippen LogP contribution in [0.5, 0.6) is 0 Å². The van der Waals surface area contributed by atoms with Crippen LogP contribution in [-0.4, -0.2) is 71.2 Å². The van der Waals surface area contributed by atoms with Crippen molar-refractivity contribution < 1.29 is 24.2 Å². The molecule has 0 saturated carbocycles. The van der Waals surface area contributed by atoms with Crippen LogP contribution < -0.4 is 0 Å². The van der Waals surface area contributed by atoms with E-state index in [0.29, 0.717) is 32.7 Å². The molecule has 4 unspecified atom stereocenters. The summed E-state index contributed by atoms with van der Waals surface area (Å²) in [6.45, 7) is 4.44. The second-order valence-electron chi connectivity index (χ2n) is 8.99. The third-order valence-electron chi connectivity index (χ3n) is 7.09. The molecular formula is C24H28N2O5. The third kappa shape index (κ3) is 3.77. The van der Waals surface area contributed by atoms with Gasteiger partial charge in [0.25, 0.3) is 0 Å². The second-order valence-corrected chi connectivity index (χ2v) is 8.99. The predicted octanol–water partition coefficient (Wildman–Crippen LogP) is 2.26. The fourth-order valence-electron chi connectivity index (χ4n) is 5.48. The number of hydrogen-bond acceptors (Lipinski definition) is 6. The predicted molar refractivity (Wildman–Crippen MR) is 113 cm³/mol. The minimum atomic E-state index is -0.750. The van der Waals surface area contributed by atoms with Gasteiger partial charge in [-0.05, 0) is 24.5 Å². The SMILES string of the molecule is CC1=C2COC=C2CC(=O)C1C(O)CN1CC2CC1CN2C(=O)OCc1ccccc1. The van der Waals surface area contributed by atoms with Crippen molar-refractivity contribution in [2.45, 2.75) is 44.6 Å². The van der Waals surface area contributed by atoms with Crippen LogP contribution in [0.1, 0.15) is 25.3 Å². The number of piperazine rings is 1. The first-order valence-corrected chi connectivity index (χ1v) is 10.9. The molecule has 0 radical (unpaired) electrons. The van der Waals surface area contributed by atoms with Crippen molar-refractivity contribution in [1.29, 1.82) is 0 Å². The average molecular weight is 424 g/mol. The van der Waals surface area contributed by atoms with Crippen molar-refractivity contribution in [1.82, 2.24) is 9.80 Å². The molecular weight excluding hydrogens is 396 g/mol. The highest BCUT2D eigenvalue weighted by Gasteiger charge is 2.47.